The third-order valence-electron chi connectivity index (χ3n) is 5.71. The zero-order valence-electron chi connectivity index (χ0n) is 12.3. The first kappa shape index (κ1) is 14.3. The van der Waals surface area contributed by atoms with Crippen molar-refractivity contribution in [1.82, 2.24) is 5.43 Å². The lowest BCUT2D eigenvalue weighted by atomic mass is 9.67. The zero-order chi connectivity index (χ0) is 13.0. The summed E-state index contributed by atoms with van der Waals surface area (Å²) >= 11 is 0. The van der Waals surface area contributed by atoms with Crippen molar-refractivity contribution < 1.29 is 0 Å². The van der Waals surface area contributed by atoms with Crippen LogP contribution in [0.1, 0.15) is 71.6 Å². The lowest BCUT2D eigenvalue weighted by molar-refractivity contribution is 0.110. The molecular formula is C16H32N2. The molecule has 3 unspecified atom stereocenters. The SMILES string of the molecule is CCC1CCCCC1C(NN)C1CCC(C)CC1. The van der Waals surface area contributed by atoms with E-state index in [1.807, 2.05) is 0 Å². The molecule has 106 valence electrons. The maximum Gasteiger partial charge on any atom is 0.0269 e. The van der Waals surface area contributed by atoms with E-state index in [1.165, 1.54) is 57.8 Å². The summed E-state index contributed by atoms with van der Waals surface area (Å²) in [6, 6.07) is 0.586. The Morgan fingerprint density at radius 3 is 2.33 bits per heavy atom. The Morgan fingerprint density at radius 1 is 1.06 bits per heavy atom. The summed E-state index contributed by atoms with van der Waals surface area (Å²) in [7, 11) is 0. The molecule has 0 bridgehead atoms. The Morgan fingerprint density at radius 2 is 1.72 bits per heavy atom. The molecule has 0 spiro atoms. The highest BCUT2D eigenvalue weighted by molar-refractivity contribution is 4.89. The molecule has 0 aromatic rings. The summed E-state index contributed by atoms with van der Waals surface area (Å²) in [5, 5.41) is 0. The molecule has 2 rings (SSSR count). The van der Waals surface area contributed by atoms with Gasteiger partial charge in [-0.3, -0.25) is 11.3 Å². The monoisotopic (exact) mass is 252 g/mol. The summed E-state index contributed by atoms with van der Waals surface area (Å²) in [6.45, 7) is 4.76. The van der Waals surface area contributed by atoms with Crippen LogP contribution in [0.15, 0.2) is 0 Å². The number of hydrazine groups is 1. The number of hydrogen-bond donors (Lipinski definition) is 2. The number of nitrogens with two attached hydrogens (primary N) is 1. The molecule has 18 heavy (non-hydrogen) atoms. The van der Waals surface area contributed by atoms with Gasteiger partial charge in [-0.15, -0.1) is 0 Å². The van der Waals surface area contributed by atoms with Crippen LogP contribution in [0.5, 0.6) is 0 Å². The smallest absolute Gasteiger partial charge is 0.0269 e. The first-order valence-corrected chi connectivity index (χ1v) is 8.22. The van der Waals surface area contributed by atoms with Gasteiger partial charge in [-0.2, -0.15) is 0 Å². The molecule has 0 heterocycles. The van der Waals surface area contributed by atoms with E-state index in [-0.39, 0.29) is 0 Å². The molecule has 0 radical (unpaired) electrons. The Hall–Kier alpha value is -0.0800. The molecule has 2 aliphatic carbocycles. The maximum absolute atomic E-state index is 5.94. The van der Waals surface area contributed by atoms with Gasteiger partial charge in [0, 0.05) is 6.04 Å². The first-order chi connectivity index (χ1) is 8.76. The molecule has 0 aromatic heterocycles. The number of hydrogen-bond acceptors (Lipinski definition) is 2. The van der Waals surface area contributed by atoms with E-state index < -0.39 is 0 Å². The third kappa shape index (κ3) is 3.27. The van der Waals surface area contributed by atoms with Gasteiger partial charge in [0.25, 0.3) is 0 Å². The van der Waals surface area contributed by atoms with Crippen molar-refractivity contribution in [1.29, 1.82) is 0 Å². The minimum Gasteiger partial charge on any atom is -0.271 e. The van der Waals surface area contributed by atoms with Crippen LogP contribution in [-0.4, -0.2) is 6.04 Å². The number of rotatable bonds is 4. The Kier molecular flexibility index (Phi) is 5.50. The average molecular weight is 252 g/mol. The molecule has 2 saturated carbocycles. The maximum atomic E-state index is 5.94. The van der Waals surface area contributed by atoms with Crippen molar-refractivity contribution in [2.45, 2.75) is 77.7 Å². The molecular weight excluding hydrogens is 220 g/mol. The van der Waals surface area contributed by atoms with Crippen LogP contribution >= 0.6 is 0 Å². The van der Waals surface area contributed by atoms with Crippen LogP contribution in [0, 0.1) is 23.7 Å². The summed E-state index contributed by atoms with van der Waals surface area (Å²) in [4.78, 5) is 0. The van der Waals surface area contributed by atoms with Gasteiger partial charge in [0.05, 0.1) is 0 Å². The molecule has 0 aliphatic heterocycles. The van der Waals surface area contributed by atoms with E-state index in [2.05, 4.69) is 19.3 Å². The highest BCUT2D eigenvalue weighted by Crippen LogP contribution is 2.40. The van der Waals surface area contributed by atoms with Crippen LogP contribution in [-0.2, 0) is 0 Å². The minimum atomic E-state index is 0.586. The molecule has 3 N–H and O–H groups in total. The van der Waals surface area contributed by atoms with E-state index in [0.29, 0.717) is 6.04 Å². The molecule has 2 fully saturated rings. The van der Waals surface area contributed by atoms with Gasteiger partial charge >= 0.3 is 0 Å². The van der Waals surface area contributed by atoms with Crippen LogP contribution in [0.4, 0.5) is 0 Å². The largest absolute Gasteiger partial charge is 0.271 e. The lowest BCUT2D eigenvalue weighted by Crippen LogP contribution is -2.49. The highest BCUT2D eigenvalue weighted by atomic mass is 15.2. The van der Waals surface area contributed by atoms with Gasteiger partial charge in [-0.1, -0.05) is 52.4 Å². The normalized spacial score (nSPS) is 39.5. The highest BCUT2D eigenvalue weighted by Gasteiger charge is 2.35. The van der Waals surface area contributed by atoms with Crippen LogP contribution in [0.2, 0.25) is 0 Å². The molecule has 2 aliphatic rings. The van der Waals surface area contributed by atoms with Crippen LogP contribution in [0.3, 0.4) is 0 Å². The second-order valence-electron chi connectivity index (χ2n) is 6.83. The Bertz CT molecular complexity index is 233. The lowest BCUT2D eigenvalue weighted by Gasteiger charge is -2.42. The van der Waals surface area contributed by atoms with Gasteiger partial charge in [-0.25, -0.2) is 0 Å². The molecule has 0 amide bonds. The fourth-order valence-corrected chi connectivity index (χ4v) is 4.47. The molecule has 0 aromatic carbocycles. The van der Waals surface area contributed by atoms with Gasteiger partial charge < -0.3 is 0 Å². The predicted octanol–water partition coefficient (Wildman–Crippen LogP) is 3.86. The minimum absolute atomic E-state index is 0.586. The topological polar surface area (TPSA) is 38.0 Å². The van der Waals surface area contributed by atoms with Crippen LogP contribution < -0.4 is 11.3 Å². The van der Waals surface area contributed by atoms with E-state index in [9.17, 15) is 0 Å². The van der Waals surface area contributed by atoms with Gasteiger partial charge in [-0.05, 0) is 42.9 Å². The third-order valence-corrected chi connectivity index (χ3v) is 5.71. The van der Waals surface area contributed by atoms with Crippen molar-refractivity contribution in [2.75, 3.05) is 0 Å². The Labute approximate surface area is 113 Å². The zero-order valence-corrected chi connectivity index (χ0v) is 12.3. The first-order valence-electron chi connectivity index (χ1n) is 8.22. The van der Waals surface area contributed by atoms with Crippen molar-refractivity contribution in [3.05, 3.63) is 0 Å². The van der Waals surface area contributed by atoms with E-state index in [4.69, 9.17) is 5.84 Å². The molecule has 3 atom stereocenters. The quantitative estimate of drug-likeness (QED) is 0.589. The molecule has 2 nitrogen and oxygen atoms in total. The fraction of sp³-hybridized carbons (Fsp3) is 1.00. The fourth-order valence-electron chi connectivity index (χ4n) is 4.47. The second kappa shape index (κ2) is 6.91. The van der Waals surface area contributed by atoms with Gasteiger partial charge in [0.2, 0.25) is 0 Å². The molecule has 2 heteroatoms. The van der Waals surface area contributed by atoms with Crippen LogP contribution in [0.25, 0.3) is 0 Å². The predicted molar refractivity (Wildman–Crippen MR) is 78.0 cm³/mol. The standard InChI is InChI=1S/C16H32N2/c1-3-13-6-4-5-7-15(13)16(18-17)14-10-8-12(2)9-11-14/h12-16,18H,3-11,17H2,1-2H3. The number of nitrogens with one attached hydrogen (secondary N) is 1. The van der Waals surface area contributed by atoms with Crippen molar-refractivity contribution in [2.24, 2.45) is 29.5 Å². The van der Waals surface area contributed by atoms with Crippen molar-refractivity contribution >= 4 is 0 Å². The Balaban J connectivity index is 1.97. The van der Waals surface area contributed by atoms with Crippen molar-refractivity contribution in [3.8, 4) is 0 Å². The van der Waals surface area contributed by atoms with Gasteiger partial charge in [0.15, 0.2) is 0 Å². The second-order valence-corrected chi connectivity index (χ2v) is 6.83. The van der Waals surface area contributed by atoms with E-state index >= 15 is 0 Å². The van der Waals surface area contributed by atoms with Gasteiger partial charge in [0.1, 0.15) is 0 Å². The summed E-state index contributed by atoms with van der Waals surface area (Å²) in [6.07, 6.45) is 12.6. The van der Waals surface area contributed by atoms with E-state index in [0.717, 1.165) is 23.7 Å². The van der Waals surface area contributed by atoms with E-state index in [1.54, 1.807) is 0 Å². The average Bonchev–Trinajstić information content (AvgIpc) is 2.42. The summed E-state index contributed by atoms with van der Waals surface area (Å²) in [5.41, 5.74) is 3.22. The summed E-state index contributed by atoms with van der Waals surface area (Å²) < 4.78 is 0. The summed E-state index contributed by atoms with van der Waals surface area (Å²) in [5.74, 6) is 9.47. The molecule has 0 saturated heterocycles. The van der Waals surface area contributed by atoms with Crippen molar-refractivity contribution in [3.63, 3.8) is 0 Å².